The van der Waals surface area contributed by atoms with Crippen LogP contribution in [0.1, 0.15) is 28.5 Å². The monoisotopic (exact) mass is 355 g/mol. The van der Waals surface area contributed by atoms with Crippen LogP contribution in [-0.4, -0.2) is 31.0 Å². The fraction of sp³-hybridized carbons (Fsp3) is 0.250. The van der Waals surface area contributed by atoms with Crippen LogP contribution in [0.25, 0.3) is 11.0 Å². The number of carbonyl (C=O) groups excluding carboxylic acids is 1. The Morgan fingerprint density at radius 2 is 2.00 bits per heavy atom. The van der Waals surface area contributed by atoms with E-state index in [4.69, 9.17) is 20.8 Å². The van der Waals surface area contributed by atoms with Gasteiger partial charge in [0.15, 0.2) is 5.76 Å². The molecule has 1 aliphatic heterocycles. The maximum absolute atomic E-state index is 12.8. The van der Waals surface area contributed by atoms with Gasteiger partial charge in [0.25, 0.3) is 5.91 Å². The van der Waals surface area contributed by atoms with Crippen LogP contribution in [0.3, 0.4) is 0 Å². The van der Waals surface area contributed by atoms with Crippen LogP contribution >= 0.6 is 11.6 Å². The van der Waals surface area contributed by atoms with Gasteiger partial charge < -0.3 is 14.1 Å². The van der Waals surface area contributed by atoms with E-state index in [0.717, 1.165) is 24.1 Å². The highest BCUT2D eigenvalue weighted by atomic mass is 35.5. The van der Waals surface area contributed by atoms with E-state index < -0.39 is 0 Å². The number of furan rings is 1. The highest BCUT2D eigenvalue weighted by Crippen LogP contribution is 2.30. The van der Waals surface area contributed by atoms with Crippen molar-refractivity contribution in [2.45, 2.75) is 12.3 Å². The molecule has 1 amide bonds. The number of amides is 1. The van der Waals surface area contributed by atoms with Gasteiger partial charge in [0.1, 0.15) is 11.3 Å². The lowest BCUT2D eigenvalue weighted by molar-refractivity contribution is 0.0761. The topological polar surface area (TPSA) is 42.7 Å². The molecule has 1 aliphatic rings. The fourth-order valence-electron chi connectivity index (χ4n) is 3.37. The molecule has 5 heteroatoms. The minimum Gasteiger partial charge on any atom is -0.497 e. The first-order valence-electron chi connectivity index (χ1n) is 8.26. The van der Waals surface area contributed by atoms with Crippen molar-refractivity contribution < 1.29 is 13.9 Å². The number of carbonyl (C=O) groups is 1. The molecule has 0 saturated carbocycles. The zero-order valence-corrected chi connectivity index (χ0v) is 14.6. The van der Waals surface area contributed by atoms with Crippen molar-refractivity contribution in [3.05, 3.63) is 64.9 Å². The predicted octanol–water partition coefficient (Wildman–Crippen LogP) is 4.72. The van der Waals surface area contributed by atoms with Crippen LogP contribution in [0.4, 0.5) is 0 Å². The van der Waals surface area contributed by atoms with Gasteiger partial charge in [-0.05, 0) is 48.4 Å². The minimum atomic E-state index is -0.0664. The zero-order chi connectivity index (χ0) is 17.4. The summed E-state index contributed by atoms with van der Waals surface area (Å²) in [7, 11) is 1.66. The van der Waals surface area contributed by atoms with Gasteiger partial charge >= 0.3 is 0 Å². The standard InChI is InChI=1S/C20H18ClNO3/c1-24-17-5-2-13(3-6-17)14-8-9-22(12-14)20(23)19-11-15-10-16(21)4-7-18(15)25-19/h2-7,10-11,14H,8-9,12H2,1H3. The number of rotatable bonds is 3. The SMILES string of the molecule is COc1ccc(C2CCN(C(=O)c3cc4cc(Cl)ccc4o3)C2)cc1. The number of nitrogens with zero attached hydrogens (tertiary/aromatic N) is 1. The second-order valence-corrected chi connectivity index (χ2v) is 6.74. The molecule has 0 spiro atoms. The van der Waals surface area contributed by atoms with Crippen molar-refractivity contribution in [2.75, 3.05) is 20.2 Å². The Kier molecular flexibility index (Phi) is 4.14. The lowest BCUT2D eigenvalue weighted by atomic mass is 9.98. The van der Waals surface area contributed by atoms with Gasteiger partial charge in [-0.2, -0.15) is 0 Å². The Bertz CT molecular complexity index is 916. The van der Waals surface area contributed by atoms with Gasteiger partial charge in [-0.15, -0.1) is 0 Å². The number of fused-ring (bicyclic) bond motifs is 1. The first-order chi connectivity index (χ1) is 12.1. The second kappa shape index (κ2) is 6.45. The summed E-state index contributed by atoms with van der Waals surface area (Å²) in [5, 5.41) is 1.48. The van der Waals surface area contributed by atoms with Gasteiger partial charge in [0.2, 0.25) is 0 Å². The maximum Gasteiger partial charge on any atom is 0.289 e. The van der Waals surface area contributed by atoms with E-state index in [2.05, 4.69) is 12.1 Å². The third-order valence-electron chi connectivity index (χ3n) is 4.75. The molecule has 25 heavy (non-hydrogen) atoms. The van der Waals surface area contributed by atoms with Gasteiger partial charge in [-0.1, -0.05) is 23.7 Å². The molecule has 1 unspecified atom stereocenters. The Hall–Kier alpha value is -2.46. The quantitative estimate of drug-likeness (QED) is 0.682. The molecule has 0 bridgehead atoms. The molecule has 2 heterocycles. The molecular weight excluding hydrogens is 338 g/mol. The molecule has 1 saturated heterocycles. The Morgan fingerprint density at radius 1 is 1.20 bits per heavy atom. The van der Waals surface area contributed by atoms with E-state index in [9.17, 15) is 4.79 Å². The molecule has 128 valence electrons. The first-order valence-corrected chi connectivity index (χ1v) is 8.64. The number of methoxy groups -OCH3 is 1. The number of hydrogen-bond acceptors (Lipinski definition) is 3. The summed E-state index contributed by atoms with van der Waals surface area (Å²) in [6.45, 7) is 1.43. The largest absolute Gasteiger partial charge is 0.497 e. The molecule has 0 N–H and O–H groups in total. The Labute approximate surface area is 150 Å². The van der Waals surface area contributed by atoms with Gasteiger partial charge in [0, 0.05) is 29.4 Å². The smallest absolute Gasteiger partial charge is 0.289 e. The van der Waals surface area contributed by atoms with E-state index in [1.54, 1.807) is 31.4 Å². The molecule has 4 rings (SSSR count). The van der Waals surface area contributed by atoms with Gasteiger partial charge in [-0.3, -0.25) is 4.79 Å². The van der Waals surface area contributed by atoms with Crippen molar-refractivity contribution in [3.63, 3.8) is 0 Å². The molecule has 4 nitrogen and oxygen atoms in total. The molecule has 0 aliphatic carbocycles. The predicted molar refractivity (Wildman–Crippen MR) is 97.5 cm³/mol. The number of hydrogen-bond donors (Lipinski definition) is 0. The number of ether oxygens (including phenoxy) is 1. The molecular formula is C20H18ClNO3. The minimum absolute atomic E-state index is 0.0664. The lowest BCUT2D eigenvalue weighted by Crippen LogP contribution is -2.28. The molecule has 0 radical (unpaired) electrons. The van der Waals surface area contributed by atoms with Crippen LogP contribution in [0.5, 0.6) is 5.75 Å². The number of halogens is 1. The van der Waals surface area contributed by atoms with Gasteiger partial charge in [0.05, 0.1) is 7.11 Å². The summed E-state index contributed by atoms with van der Waals surface area (Å²) in [5.74, 6) is 1.49. The molecule has 2 aromatic carbocycles. The maximum atomic E-state index is 12.8. The third kappa shape index (κ3) is 3.10. The van der Waals surface area contributed by atoms with Crippen LogP contribution in [0.2, 0.25) is 5.02 Å². The normalized spacial score (nSPS) is 17.2. The first kappa shape index (κ1) is 16.0. The van der Waals surface area contributed by atoms with Crippen LogP contribution in [-0.2, 0) is 0 Å². The summed E-state index contributed by atoms with van der Waals surface area (Å²) in [4.78, 5) is 14.6. The van der Waals surface area contributed by atoms with Crippen LogP contribution in [0, 0.1) is 0 Å². The molecule has 1 fully saturated rings. The Morgan fingerprint density at radius 3 is 2.76 bits per heavy atom. The van der Waals surface area contributed by atoms with E-state index >= 15 is 0 Å². The van der Waals surface area contributed by atoms with Crippen molar-refractivity contribution in [2.24, 2.45) is 0 Å². The van der Waals surface area contributed by atoms with Crippen LogP contribution < -0.4 is 4.74 Å². The van der Waals surface area contributed by atoms with Crippen LogP contribution in [0.15, 0.2) is 52.9 Å². The summed E-state index contributed by atoms with van der Waals surface area (Å²) in [6.07, 6.45) is 0.949. The molecule has 3 aromatic rings. The Balaban J connectivity index is 1.50. The fourth-order valence-corrected chi connectivity index (χ4v) is 3.55. The number of likely N-dealkylation sites (tertiary alicyclic amines) is 1. The summed E-state index contributed by atoms with van der Waals surface area (Å²) in [5.41, 5.74) is 1.91. The van der Waals surface area contributed by atoms with E-state index in [0.29, 0.717) is 28.8 Å². The van der Waals surface area contributed by atoms with E-state index in [1.165, 1.54) is 5.56 Å². The van der Waals surface area contributed by atoms with Crippen molar-refractivity contribution in [1.29, 1.82) is 0 Å². The van der Waals surface area contributed by atoms with E-state index in [1.807, 2.05) is 17.0 Å². The summed E-state index contributed by atoms with van der Waals surface area (Å²) < 4.78 is 10.9. The second-order valence-electron chi connectivity index (χ2n) is 6.30. The highest BCUT2D eigenvalue weighted by Gasteiger charge is 2.29. The van der Waals surface area contributed by atoms with E-state index in [-0.39, 0.29) is 5.91 Å². The van der Waals surface area contributed by atoms with Crippen molar-refractivity contribution in [1.82, 2.24) is 4.90 Å². The average Bonchev–Trinajstić information content (AvgIpc) is 3.28. The summed E-state index contributed by atoms with van der Waals surface area (Å²) >= 11 is 6.00. The van der Waals surface area contributed by atoms with Crippen molar-refractivity contribution >= 4 is 28.5 Å². The molecule has 1 atom stereocenters. The van der Waals surface area contributed by atoms with Crippen molar-refractivity contribution in [3.8, 4) is 5.75 Å². The number of benzene rings is 2. The van der Waals surface area contributed by atoms with Gasteiger partial charge in [-0.25, -0.2) is 0 Å². The molecule has 1 aromatic heterocycles. The third-order valence-corrected chi connectivity index (χ3v) is 4.99. The lowest BCUT2D eigenvalue weighted by Gasteiger charge is -2.15. The summed E-state index contributed by atoms with van der Waals surface area (Å²) in [6, 6.07) is 15.2. The average molecular weight is 356 g/mol. The zero-order valence-electron chi connectivity index (χ0n) is 13.9. The highest BCUT2D eigenvalue weighted by molar-refractivity contribution is 6.31.